The van der Waals surface area contributed by atoms with Crippen LogP contribution in [0.4, 0.5) is 0 Å². The van der Waals surface area contributed by atoms with Gasteiger partial charge in [0.05, 0.1) is 0 Å². The summed E-state index contributed by atoms with van der Waals surface area (Å²) < 4.78 is 0. The molecule has 16 heavy (non-hydrogen) atoms. The quantitative estimate of drug-likeness (QED) is 0.354. The predicted octanol–water partition coefficient (Wildman–Crippen LogP) is 4.04. The molecule has 0 saturated carbocycles. The van der Waals surface area contributed by atoms with E-state index in [1.807, 2.05) is 0 Å². The van der Waals surface area contributed by atoms with Crippen LogP contribution in [0.3, 0.4) is 0 Å². The summed E-state index contributed by atoms with van der Waals surface area (Å²) in [5.41, 5.74) is 0. The first kappa shape index (κ1) is 16.6. The summed E-state index contributed by atoms with van der Waals surface area (Å²) in [6.45, 7) is 8.57. The fraction of sp³-hybridized carbons (Fsp3) is 1.00. The van der Waals surface area contributed by atoms with E-state index in [1.165, 1.54) is 76.1 Å². The van der Waals surface area contributed by atoms with Crippen LogP contribution in [0.25, 0.3) is 0 Å². The molecule has 0 aromatic heterocycles. The molecule has 0 unspecified atom stereocenters. The van der Waals surface area contributed by atoms with Crippen LogP contribution in [0.15, 0.2) is 0 Å². The van der Waals surface area contributed by atoms with E-state index >= 15 is 0 Å². The molecule has 0 atom stereocenters. The van der Waals surface area contributed by atoms with Gasteiger partial charge in [0, 0.05) is 0 Å². The first-order valence-corrected chi connectivity index (χ1v) is 7.57. The molecule has 0 heterocycles. The Balaban J connectivity index is 3.48. The second kappa shape index (κ2) is 13.6. The zero-order valence-electron chi connectivity index (χ0n) is 11.9. The molecule has 0 amide bonds. The fourth-order valence-corrected chi connectivity index (χ4v) is 2.04. The summed E-state index contributed by atoms with van der Waals surface area (Å²) in [6.07, 6.45) is 11.1. The molecule has 0 spiro atoms. The Morgan fingerprint density at radius 3 is 1.69 bits per heavy atom. The Morgan fingerprint density at radius 1 is 0.688 bits per heavy atom. The summed E-state index contributed by atoms with van der Waals surface area (Å²) in [6, 6.07) is 0. The van der Waals surface area contributed by atoms with Crippen molar-refractivity contribution < 1.29 is 0 Å². The molecule has 0 aliphatic heterocycles. The van der Waals surface area contributed by atoms with E-state index in [0.29, 0.717) is 0 Å². The predicted molar refractivity (Wildman–Crippen MR) is 75.3 cm³/mol. The molecule has 0 rings (SSSR count). The molecule has 0 aromatic carbocycles. The second-order valence-corrected chi connectivity index (χ2v) is 4.96. The summed E-state index contributed by atoms with van der Waals surface area (Å²) in [7, 11) is 0. The van der Waals surface area contributed by atoms with E-state index in [0.717, 1.165) is 0 Å². The molecule has 2 heteroatoms. The zero-order chi connectivity index (χ0) is 12.1. The van der Waals surface area contributed by atoms with Crippen molar-refractivity contribution in [2.24, 2.45) is 0 Å². The van der Waals surface area contributed by atoms with Crippen LogP contribution in [0.2, 0.25) is 5.09 Å². The Kier molecular flexibility index (Phi) is 14.1. The summed E-state index contributed by atoms with van der Waals surface area (Å²) in [4.78, 5) is 2.68. The van der Waals surface area contributed by atoms with Crippen molar-refractivity contribution in [3.05, 3.63) is 0 Å². The monoisotopic (exact) mass is 219 g/mol. The standard InChI is InChI=1S/C14H30N.Li/c1-4-7-10-11-14-15(12-8-5-2)13-9-6-3;/h1,4-14H2,2-3H3;. The molecule has 0 aromatic rings. The first-order valence-electron chi connectivity index (χ1n) is 7.57. The van der Waals surface area contributed by atoms with Crippen molar-refractivity contribution >= 4 is 17.7 Å². The van der Waals surface area contributed by atoms with Gasteiger partial charge in [-0.1, -0.05) is 0 Å². The van der Waals surface area contributed by atoms with Crippen molar-refractivity contribution in [2.45, 2.75) is 70.3 Å². The number of nitrogens with zero attached hydrogens (tertiary/aromatic N) is 1. The van der Waals surface area contributed by atoms with Crippen LogP contribution in [-0.2, 0) is 0 Å². The number of unbranched alkanes of at least 4 members (excludes halogenated alkanes) is 5. The average Bonchev–Trinajstić information content (AvgIpc) is 2.31. The summed E-state index contributed by atoms with van der Waals surface area (Å²) in [5.74, 6) is 0. The number of hydrogen-bond donors (Lipinski definition) is 0. The molecule has 0 N–H and O–H groups in total. The SMILES string of the molecule is [Li][CH2]CCCCCN(CCCC)CCCC. The van der Waals surface area contributed by atoms with E-state index in [9.17, 15) is 0 Å². The molecule has 0 aliphatic rings. The van der Waals surface area contributed by atoms with E-state index < -0.39 is 0 Å². The molecule has 1 nitrogen and oxygen atoms in total. The third-order valence-corrected chi connectivity index (χ3v) is 3.23. The molecule has 0 bridgehead atoms. The molecule has 0 saturated heterocycles. The van der Waals surface area contributed by atoms with E-state index in [1.54, 1.807) is 0 Å². The molecular weight excluding hydrogens is 189 g/mol. The van der Waals surface area contributed by atoms with Crippen molar-refractivity contribution in [2.75, 3.05) is 19.6 Å². The van der Waals surface area contributed by atoms with Gasteiger partial charge < -0.3 is 0 Å². The zero-order valence-corrected chi connectivity index (χ0v) is 11.9. The van der Waals surface area contributed by atoms with Gasteiger partial charge in [-0.3, -0.25) is 0 Å². The average molecular weight is 219 g/mol. The number of rotatable bonds is 12. The Labute approximate surface area is 113 Å². The maximum absolute atomic E-state index is 2.68. The Hall–Kier alpha value is 0.557. The minimum absolute atomic E-state index is 1.32. The Bertz CT molecular complexity index is 120. The summed E-state index contributed by atoms with van der Waals surface area (Å²) >= 11 is 2.29. The molecule has 0 radical (unpaired) electrons. The van der Waals surface area contributed by atoms with Crippen LogP contribution in [0.1, 0.15) is 65.2 Å². The van der Waals surface area contributed by atoms with Crippen molar-refractivity contribution in [1.82, 2.24) is 4.90 Å². The third-order valence-electron chi connectivity index (χ3n) is 3.23. The molecule has 0 fully saturated rings. The topological polar surface area (TPSA) is 3.24 Å². The first-order chi connectivity index (χ1) is 7.85. The molecular formula is C14H30LiN. The Morgan fingerprint density at radius 2 is 1.19 bits per heavy atom. The third kappa shape index (κ3) is 11.1. The van der Waals surface area contributed by atoms with Gasteiger partial charge in [0.2, 0.25) is 0 Å². The van der Waals surface area contributed by atoms with E-state index in [2.05, 4.69) is 36.5 Å². The van der Waals surface area contributed by atoms with Crippen LogP contribution >= 0.6 is 0 Å². The van der Waals surface area contributed by atoms with Crippen LogP contribution < -0.4 is 0 Å². The van der Waals surface area contributed by atoms with E-state index in [-0.39, 0.29) is 0 Å². The van der Waals surface area contributed by atoms with Gasteiger partial charge in [0.1, 0.15) is 0 Å². The van der Waals surface area contributed by atoms with Crippen molar-refractivity contribution in [3.8, 4) is 0 Å². The van der Waals surface area contributed by atoms with Gasteiger partial charge in [-0.25, -0.2) is 0 Å². The molecule has 92 valence electrons. The van der Waals surface area contributed by atoms with Crippen molar-refractivity contribution in [1.29, 1.82) is 0 Å². The number of hydrogen-bond acceptors (Lipinski definition) is 1. The van der Waals surface area contributed by atoms with Gasteiger partial charge in [0.15, 0.2) is 0 Å². The fourth-order valence-electron chi connectivity index (χ4n) is 2.04. The maximum atomic E-state index is 2.68. The van der Waals surface area contributed by atoms with Gasteiger partial charge in [-0.05, 0) is 0 Å². The van der Waals surface area contributed by atoms with Crippen LogP contribution in [0, 0.1) is 0 Å². The van der Waals surface area contributed by atoms with Crippen LogP contribution in [0.5, 0.6) is 0 Å². The minimum atomic E-state index is 1.32. The van der Waals surface area contributed by atoms with Gasteiger partial charge in [0.25, 0.3) is 0 Å². The van der Waals surface area contributed by atoms with Gasteiger partial charge in [-0.2, -0.15) is 0 Å². The van der Waals surface area contributed by atoms with Gasteiger partial charge >= 0.3 is 113 Å². The summed E-state index contributed by atoms with van der Waals surface area (Å²) in [5, 5.41) is 1.36. The van der Waals surface area contributed by atoms with Crippen LogP contribution in [-0.4, -0.2) is 42.2 Å². The van der Waals surface area contributed by atoms with E-state index in [4.69, 9.17) is 0 Å². The van der Waals surface area contributed by atoms with Crippen molar-refractivity contribution in [3.63, 3.8) is 0 Å². The molecule has 0 aliphatic carbocycles. The van der Waals surface area contributed by atoms with Gasteiger partial charge in [-0.15, -0.1) is 0 Å². The normalized spacial score (nSPS) is 11.3. The second-order valence-electron chi connectivity index (χ2n) is 4.96.